The highest BCUT2D eigenvalue weighted by Gasteiger charge is 2.16. The number of phenolic OH excluding ortho intramolecular Hbond substituents is 2. The maximum atomic E-state index is 13.2. The molecule has 2 aromatic rings. The predicted octanol–water partition coefficient (Wildman–Crippen LogP) is 2.58. The number of halogens is 1. The van der Waals surface area contributed by atoms with Crippen LogP contribution >= 0.6 is 0 Å². The van der Waals surface area contributed by atoms with E-state index in [4.69, 9.17) is 14.6 Å². The number of anilines is 1. The predicted molar refractivity (Wildman–Crippen MR) is 69.6 cm³/mol. The molecule has 6 heteroatoms. The van der Waals surface area contributed by atoms with E-state index in [1.807, 2.05) is 0 Å². The molecule has 5 nitrogen and oxygen atoms in total. The van der Waals surface area contributed by atoms with Crippen LogP contribution < -0.4 is 14.8 Å². The van der Waals surface area contributed by atoms with Crippen LogP contribution in [0.25, 0.3) is 0 Å². The van der Waals surface area contributed by atoms with Crippen molar-refractivity contribution in [3.8, 4) is 23.0 Å². The fraction of sp³-hybridized carbons (Fsp3) is 0.143. The Bertz CT molecular complexity index is 660. The molecule has 0 spiro atoms. The molecule has 0 aromatic heterocycles. The number of rotatable bonds is 3. The molecule has 0 bridgehead atoms. The molecule has 0 saturated heterocycles. The number of benzene rings is 2. The molecule has 0 unspecified atom stereocenters. The van der Waals surface area contributed by atoms with Crippen LogP contribution in [0.3, 0.4) is 0 Å². The first kappa shape index (κ1) is 12.4. The zero-order valence-electron chi connectivity index (χ0n) is 10.4. The van der Waals surface area contributed by atoms with E-state index in [1.54, 1.807) is 12.1 Å². The summed E-state index contributed by atoms with van der Waals surface area (Å²) < 4.78 is 23.6. The molecule has 0 amide bonds. The van der Waals surface area contributed by atoms with Crippen molar-refractivity contribution >= 4 is 5.69 Å². The van der Waals surface area contributed by atoms with Crippen molar-refractivity contribution in [1.82, 2.24) is 0 Å². The number of ether oxygens (including phenoxy) is 2. The SMILES string of the molecule is Oc1ccc(NCc2cc3c(cc2O)OCO3)cc1F. The average Bonchev–Trinajstić information content (AvgIpc) is 2.87. The Morgan fingerprint density at radius 3 is 2.55 bits per heavy atom. The van der Waals surface area contributed by atoms with Gasteiger partial charge in [-0.25, -0.2) is 4.39 Å². The Balaban J connectivity index is 1.76. The molecule has 1 heterocycles. The number of aromatic hydroxyl groups is 2. The third-order valence-corrected chi connectivity index (χ3v) is 3.00. The first-order valence-electron chi connectivity index (χ1n) is 5.97. The van der Waals surface area contributed by atoms with Crippen LogP contribution in [-0.2, 0) is 6.54 Å². The summed E-state index contributed by atoms with van der Waals surface area (Å²) in [5, 5.41) is 21.9. The van der Waals surface area contributed by atoms with Crippen molar-refractivity contribution in [2.45, 2.75) is 6.54 Å². The summed E-state index contributed by atoms with van der Waals surface area (Å²) in [5.41, 5.74) is 1.10. The van der Waals surface area contributed by atoms with Crippen molar-refractivity contribution in [3.63, 3.8) is 0 Å². The standard InChI is InChI=1S/C14H12FNO4/c15-10-4-9(1-2-11(10)17)16-6-8-3-13-14(5-12(8)18)20-7-19-13/h1-5,16-18H,6-7H2. The van der Waals surface area contributed by atoms with Gasteiger partial charge in [0.1, 0.15) is 5.75 Å². The van der Waals surface area contributed by atoms with Crippen molar-refractivity contribution in [2.24, 2.45) is 0 Å². The third kappa shape index (κ3) is 2.27. The van der Waals surface area contributed by atoms with Gasteiger partial charge >= 0.3 is 0 Å². The van der Waals surface area contributed by atoms with Gasteiger partial charge in [0.15, 0.2) is 23.1 Å². The van der Waals surface area contributed by atoms with Gasteiger partial charge in [0.25, 0.3) is 0 Å². The van der Waals surface area contributed by atoms with Gasteiger partial charge in [-0.1, -0.05) is 0 Å². The van der Waals surface area contributed by atoms with Crippen LogP contribution in [0.2, 0.25) is 0 Å². The molecule has 0 atom stereocenters. The van der Waals surface area contributed by atoms with Crippen LogP contribution in [0.4, 0.5) is 10.1 Å². The van der Waals surface area contributed by atoms with Crippen molar-refractivity contribution in [3.05, 3.63) is 41.7 Å². The van der Waals surface area contributed by atoms with Crippen molar-refractivity contribution in [1.29, 1.82) is 0 Å². The van der Waals surface area contributed by atoms with Gasteiger partial charge in [-0.2, -0.15) is 0 Å². The maximum absolute atomic E-state index is 13.2. The van der Waals surface area contributed by atoms with E-state index in [0.29, 0.717) is 22.7 Å². The second kappa shape index (κ2) is 4.80. The highest BCUT2D eigenvalue weighted by molar-refractivity contribution is 5.53. The summed E-state index contributed by atoms with van der Waals surface area (Å²) in [6.45, 7) is 0.418. The van der Waals surface area contributed by atoms with Gasteiger partial charge in [0, 0.05) is 29.9 Å². The topological polar surface area (TPSA) is 71.0 Å². The van der Waals surface area contributed by atoms with E-state index < -0.39 is 11.6 Å². The van der Waals surface area contributed by atoms with Crippen molar-refractivity contribution in [2.75, 3.05) is 12.1 Å². The van der Waals surface area contributed by atoms with Gasteiger partial charge in [0.2, 0.25) is 6.79 Å². The van der Waals surface area contributed by atoms with E-state index in [-0.39, 0.29) is 19.1 Å². The molecule has 1 aliphatic heterocycles. The largest absolute Gasteiger partial charge is 0.507 e. The highest BCUT2D eigenvalue weighted by Crippen LogP contribution is 2.37. The number of hydrogen-bond acceptors (Lipinski definition) is 5. The molecule has 0 aliphatic carbocycles. The van der Waals surface area contributed by atoms with E-state index >= 15 is 0 Å². The Labute approximate surface area is 114 Å². The zero-order chi connectivity index (χ0) is 14.1. The van der Waals surface area contributed by atoms with E-state index in [2.05, 4.69) is 5.32 Å². The van der Waals surface area contributed by atoms with E-state index in [0.717, 1.165) is 0 Å². The van der Waals surface area contributed by atoms with Crippen LogP contribution in [-0.4, -0.2) is 17.0 Å². The Kier molecular flexibility index (Phi) is 2.98. The number of phenols is 2. The number of nitrogens with one attached hydrogen (secondary N) is 1. The summed E-state index contributed by atoms with van der Waals surface area (Å²) >= 11 is 0. The van der Waals surface area contributed by atoms with Gasteiger partial charge < -0.3 is 25.0 Å². The molecule has 1 aliphatic rings. The number of hydrogen-bond donors (Lipinski definition) is 3. The lowest BCUT2D eigenvalue weighted by Crippen LogP contribution is -2.00. The van der Waals surface area contributed by atoms with Gasteiger partial charge in [0.05, 0.1) is 0 Å². The Morgan fingerprint density at radius 2 is 1.80 bits per heavy atom. The summed E-state index contributed by atoms with van der Waals surface area (Å²) in [7, 11) is 0. The zero-order valence-corrected chi connectivity index (χ0v) is 10.4. The van der Waals surface area contributed by atoms with Gasteiger partial charge in [-0.15, -0.1) is 0 Å². The summed E-state index contributed by atoms with van der Waals surface area (Å²) in [6, 6.07) is 7.14. The van der Waals surface area contributed by atoms with Crippen LogP contribution in [0.15, 0.2) is 30.3 Å². The minimum atomic E-state index is -0.704. The average molecular weight is 277 g/mol. The normalized spacial score (nSPS) is 12.4. The Hall–Kier alpha value is -2.63. The monoisotopic (exact) mass is 277 g/mol. The van der Waals surface area contributed by atoms with Gasteiger partial charge in [-0.05, 0) is 18.2 Å². The van der Waals surface area contributed by atoms with Crippen LogP contribution in [0.5, 0.6) is 23.0 Å². The molecular formula is C14H12FNO4. The Morgan fingerprint density at radius 1 is 1.05 bits per heavy atom. The first-order chi connectivity index (χ1) is 9.63. The second-order valence-corrected chi connectivity index (χ2v) is 4.35. The molecule has 3 N–H and O–H groups in total. The first-order valence-corrected chi connectivity index (χ1v) is 5.97. The minimum absolute atomic E-state index is 0.0704. The third-order valence-electron chi connectivity index (χ3n) is 3.00. The summed E-state index contributed by atoms with van der Waals surface area (Å²) in [4.78, 5) is 0. The molecule has 2 aromatic carbocycles. The fourth-order valence-corrected chi connectivity index (χ4v) is 1.93. The smallest absolute Gasteiger partial charge is 0.231 e. The van der Waals surface area contributed by atoms with Crippen LogP contribution in [0, 0.1) is 5.82 Å². The molecule has 0 radical (unpaired) electrons. The fourth-order valence-electron chi connectivity index (χ4n) is 1.93. The van der Waals surface area contributed by atoms with E-state index in [9.17, 15) is 9.50 Å². The maximum Gasteiger partial charge on any atom is 0.231 e. The lowest BCUT2D eigenvalue weighted by atomic mass is 10.1. The van der Waals surface area contributed by atoms with E-state index in [1.165, 1.54) is 18.2 Å². The van der Waals surface area contributed by atoms with Crippen molar-refractivity contribution < 1.29 is 24.1 Å². The van der Waals surface area contributed by atoms with Gasteiger partial charge in [-0.3, -0.25) is 0 Å². The molecule has 20 heavy (non-hydrogen) atoms. The van der Waals surface area contributed by atoms with Crippen LogP contribution in [0.1, 0.15) is 5.56 Å². The lowest BCUT2D eigenvalue weighted by molar-refractivity contribution is 0.174. The number of fused-ring (bicyclic) bond motifs is 1. The highest BCUT2D eigenvalue weighted by atomic mass is 19.1. The summed E-state index contributed by atoms with van der Waals surface area (Å²) in [5.74, 6) is 0.0331. The molecule has 104 valence electrons. The molecular weight excluding hydrogens is 265 g/mol. The summed E-state index contributed by atoms with van der Waals surface area (Å²) in [6.07, 6.45) is 0. The molecule has 0 saturated carbocycles. The second-order valence-electron chi connectivity index (χ2n) is 4.35. The lowest BCUT2D eigenvalue weighted by Gasteiger charge is -2.09. The quantitative estimate of drug-likeness (QED) is 0.752. The minimum Gasteiger partial charge on any atom is -0.507 e. The molecule has 3 rings (SSSR count). The molecule has 0 fully saturated rings.